The maximum atomic E-state index is 11.9. The predicted molar refractivity (Wildman–Crippen MR) is 73.9 cm³/mol. The van der Waals surface area contributed by atoms with Crippen LogP contribution in [0.15, 0.2) is 15.2 Å². The lowest BCUT2D eigenvalue weighted by molar-refractivity contribution is -0.116. The summed E-state index contributed by atoms with van der Waals surface area (Å²) >= 11 is 3.39. The zero-order valence-electron chi connectivity index (χ0n) is 11.0. The van der Waals surface area contributed by atoms with E-state index in [9.17, 15) is 4.79 Å². The van der Waals surface area contributed by atoms with Crippen molar-refractivity contribution in [1.29, 1.82) is 0 Å². The molecular weight excluding hydrogens is 312 g/mol. The molecule has 0 atom stereocenters. The number of rotatable bonds is 4. The summed E-state index contributed by atoms with van der Waals surface area (Å²) in [4.78, 5) is 11.9. The highest BCUT2D eigenvalue weighted by molar-refractivity contribution is 9.10. The van der Waals surface area contributed by atoms with Gasteiger partial charge in [0, 0.05) is 12.1 Å². The lowest BCUT2D eigenvalue weighted by Gasteiger charge is -2.06. The predicted octanol–water partition coefficient (Wildman–Crippen LogP) is 2.59. The van der Waals surface area contributed by atoms with E-state index >= 15 is 0 Å². The highest BCUT2D eigenvalue weighted by atomic mass is 79.9. The Morgan fingerprint density at radius 1 is 1.47 bits per heavy atom. The summed E-state index contributed by atoms with van der Waals surface area (Å²) in [6, 6.07) is 0. The van der Waals surface area contributed by atoms with Gasteiger partial charge in [-0.2, -0.15) is 5.10 Å². The highest BCUT2D eigenvalue weighted by Crippen LogP contribution is 2.19. The molecule has 0 unspecified atom stereocenters. The molecule has 0 bridgehead atoms. The van der Waals surface area contributed by atoms with Crippen molar-refractivity contribution in [1.82, 2.24) is 14.9 Å². The van der Waals surface area contributed by atoms with Gasteiger partial charge in [0.25, 0.3) is 0 Å². The molecule has 0 aromatic carbocycles. The Kier molecular flexibility index (Phi) is 4.04. The second-order valence-corrected chi connectivity index (χ2v) is 5.15. The van der Waals surface area contributed by atoms with Gasteiger partial charge in [0.05, 0.1) is 17.2 Å². The first-order valence-corrected chi connectivity index (χ1v) is 6.69. The lowest BCUT2D eigenvalue weighted by atomic mass is 10.3. The van der Waals surface area contributed by atoms with Crippen LogP contribution in [0.5, 0.6) is 0 Å². The normalized spacial score (nSPS) is 10.7. The van der Waals surface area contributed by atoms with Crippen molar-refractivity contribution in [3.8, 4) is 0 Å². The summed E-state index contributed by atoms with van der Waals surface area (Å²) in [5.74, 6) is 0.532. The Morgan fingerprint density at radius 3 is 2.74 bits per heavy atom. The number of aromatic nitrogens is 3. The fraction of sp³-hybridized carbons (Fsp3) is 0.417. The van der Waals surface area contributed by atoms with Crippen LogP contribution in [0.25, 0.3) is 0 Å². The number of amides is 1. The van der Waals surface area contributed by atoms with Crippen LogP contribution in [0.2, 0.25) is 0 Å². The Balaban J connectivity index is 1.94. The van der Waals surface area contributed by atoms with E-state index in [0.29, 0.717) is 30.1 Å². The molecule has 102 valence electrons. The third-order valence-corrected chi connectivity index (χ3v) is 3.67. The number of hydrogen-bond acceptors (Lipinski definition) is 4. The zero-order chi connectivity index (χ0) is 14.0. The molecule has 0 aliphatic heterocycles. The van der Waals surface area contributed by atoms with Crippen LogP contribution in [0.3, 0.4) is 0 Å². The number of carbonyl (C=O) groups is 1. The smallest absolute Gasteiger partial charge is 0.226 e. The van der Waals surface area contributed by atoms with Crippen LogP contribution in [-0.4, -0.2) is 20.8 Å². The standard InChI is InChI=1S/C12H15BrN4O2/c1-7-12(9(3)19-16-7)15-11(18)4-5-17-8(2)10(13)6-14-17/h6H,4-5H2,1-3H3,(H,15,18). The maximum absolute atomic E-state index is 11.9. The summed E-state index contributed by atoms with van der Waals surface area (Å²) < 4.78 is 7.72. The second kappa shape index (κ2) is 5.56. The molecule has 1 N–H and O–H groups in total. The fourth-order valence-electron chi connectivity index (χ4n) is 1.72. The van der Waals surface area contributed by atoms with Crippen LogP contribution >= 0.6 is 15.9 Å². The third kappa shape index (κ3) is 3.04. The van der Waals surface area contributed by atoms with Crippen LogP contribution in [0, 0.1) is 20.8 Å². The van der Waals surface area contributed by atoms with Crippen LogP contribution in [0.4, 0.5) is 5.69 Å². The first-order chi connectivity index (χ1) is 8.99. The molecule has 0 radical (unpaired) electrons. The van der Waals surface area contributed by atoms with E-state index < -0.39 is 0 Å². The molecule has 2 heterocycles. The molecule has 0 fully saturated rings. The minimum atomic E-state index is -0.0829. The van der Waals surface area contributed by atoms with Crippen LogP contribution < -0.4 is 5.32 Å². The van der Waals surface area contributed by atoms with Crippen molar-refractivity contribution in [3.63, 3.8) is 0 Å². The number of carbonyl (C=O) groups excluding carboxylic acids is 1. The molecule has 0 aliphatic carbocycles. The quantitative estimate of drug-likeness (QED) is 0.937. The monoisotopic (exact) mass is 326 g/mol. The Hall–Kier alpha value is -1.63. The van der Waals surface area contributed by atoms with Gasteiger partial charge in [-0.3, -0.25) is 9.48 Å². The van der Waals surface area contributed by atoms with Crippen molar-refractivity contribution in [3.05, 3.63) is 27.8 Å². The molecule has 6 nitrogen and oxygen atoms in total. The Morgan fingerprint density at radius 2 is 2.21 bits per heavy atom. The number of halogens is 1. The van der Waals surface area contributed by atoms with Gasteiger partial charge in [-0.15, -0.1) is 0 Å². The molecule has 0 spiro atoms. The van der Waals surface area contributed by atoms with Crippen molar-refractivity contribution in [2.45, 2.75) is 33.7 Å². The molecule has 7 heteroatoms. The minimum absolute atomic E-state index is 0.0829. The first kappa shape index (κ1) is 13.8. The molecule has 0 saturated heterocycles. The highest BCUT2D eigenvalue weighted by Gasteiger charge is 2.13. The van der Waals surface area contributed by atoms with Gasteiger partial charge in [-0.25, -0.2) is 0 Å². The average molecular weight is 327 g/mol. The van der Waals surface area contributed by atoms with Crippen molar-refractivity contribution in [2.75, 3.05) is 5.32 Å². The number of nitrogens with one attached hydrogen (secondary N) is 1. The Bertz CT molecular complexity index is 583. The van der Waals surface area contributed by atoms with E-state index in [4.69, 9.17) is 4.52 Å². The van der Waals surface area contributed by atoms with Gasteiger partial charge in [0.1, 0.15) is 11.4 Å². The lowest BCUT2D eigenvalue weighted by Crippen LogP contribution is -2.16. The second-order valence-electron chi connectivity index (χ2n) is 4.30. The maximum Gasteiger partial charge on any atom is 0.226 e. The van der Waals surface area contributed by atoms with Crippen molar-refractivity contribution in [2.24, 2.45) is 0 Å². The van der Waals surface area contributed by atoms with Gasteiger partial charge in [-0.1, -0.05) is 5.16 Å². The number of anilines is 1. The number of hydrogen-bond donors (Lipinski definition) is 1. The van der Waals surface area contributed by atoms with Gasteiger partial charge < -0.3 is 9.84 Å². The van der Waals surface area contributed by atoms with E-state index in [0.717, 1.165) is 10.2 Å². The van der Waals surface area contributed by atoms with E-state index in [1.807, 2.05) is 6.92 Å². The average Bonchev–Trinajstić information content (AvgIpc) is 2.85. The summed E-state index contributed by atoms with van der Waals surface area (Å²) in [6.07, 6.45) is 2.07. The molecule has 2 rings (SSSR count). The number of nitrogens with zero attached hydrogens (tertiary/aromatic N) is 3. The SMILES string of the molecule is Cc1noc(C)c1NC(=O)CCn1ncc(Br)c1C. The molecule has 2 aromatic heterocycles. The van der Waals surface area contributed by atoms with Crippen LogP contribution in [0.1, 0.15) is 23.6 Å². The van der Waals surface area contributed by atoms with Gasteiger partial charge in [0.2, 0.25) is 5.91 Å². The fourth-order valence-corrected chi connectivity index (χ4v) is 2.02. The Labute approximate surface area is 119 Å². The molecular formula is C12H15BrN4O2. The van der Waals surface area contributed by atoms with Gasteiger partial charge >= 0.3 is 0 Å². The largest absolute Gasteiger partial charge is 0.359 e. The van der Waals surface area contributed by atoms with Gasteiger partial charge in [-0.05, 0) is 36.7 Å². The third-order valence-electron chi connectivity index (χ3n) is 2.89. The van der Waals surface area contributed by atoms with E-state index in [2.05, 4.69) is 31.5 Å². The molecule has 2 aromatic rings. The summed E-state index contributed by atoms with van der Waals surface area (Å²) in [6.45, 7) is 6.04. The molecule has 0 aliphatic rings. The summed E-state index contributed by atoms with van der Waals surface area (Å²) in [7, 11) is 0. The van der Waals surface area contributed by atoms with E-state index in [1.54, 1.807) is 24.7 Å². The molecule has 0 saturated carbocycles. The van der Waals surface area contributed by atoms with Gasteiger partial charge in [0.15, 0.2) is 5.76 Å². The van der Waals surface area contributed by atoms with Crippen molar-refractivity contribution < 1.29 is 9.32 Å². The van der Waals surface area contributed by atoms with E-state index in [-0.39, 0.29) is 5.91 Å². The minimum Gasteiger partial charge on any atom is -0.359 e. The van der Waals surface area contributed by atoms with Crippen molar-refractivity contribution >= 4 is 27.5 Å². The zero-order valence-corrected chi connectivity index (χ0v) is 12.6. The number of aryl methyl sites for hydroxylation is 3. The molecule has 1 amide bonds. The van der Waals surface area contributed by atoms with E-state index in [1.165, 1.54) is 0 Å². The van der Waals surface area contributed by atoms with Crippen LogP contribution in [-0.2, 0) is 11.3 Å². The molecule has 19 heavy (non-hydrogen) atoms. The first-order valence-electron chi connectivity index (χ1n) is 5.89. The topological polar surface area (TPSA) is 73.0 Å². The summed E-state index contributed by atoms with van der Waals surface area (Å²) in [5.41, 5.74) is 2.34. The summed E-state index contributed by atoms with van der Waals surface area (Å²) in [5, 5.41) is 10.8.